The number of hydrogen-bond donors (Lipinski definition) is 2. The molecule has 160 valence electrons. The van der Waals surface area contributed by atoms with E-state index in [1.807, 2.05) is 60.7 Å². The number of para-hydroxylation sites is 1. The maximum atomic E-state index is 13.0. The molecule has 2 N–H and O–H groups in total. The molecule has 1 aliphatic heterocycles. The molecule has 7 nitrogen and oxygen atoms in total. The SMILES string of the molecule is CNc1ncccc1OCc1cccc(NC(=O)c2ccccc2N2CCOCC2)c1. The van der Waals surface area contributed by atoms with Crippen LogP contribution < -0.4 is 20.3 Å². The zero-order valence-corrected chi connectivity index (χ0v) is 17.5. The van der Waals surface area contributed by atoms with Crippen LogP contribution >= 0.6 is 0 Å². The lowest BCUT2D eigenvalue weighted by atomic mass is 10.1. The molecule has 1 fully saturated rings. The van der Waals surface area contributed by atoms with Gasteiger partial charge in [-0.1, -0.05) is 24.3 Å². The smallest absolute Gasteiger partial charge is 0.257 e. The van der Waals surface area contributed by atoms with Gasteiger partial charge in [0, 0.05) is 37.7 Å². The molecule has 31 heavy (non-hydrogen) atoms. The predicted octanol–water partition coefficient (Wildman–Crippen LogP) is 3.79. The number of carbonyl (C=O) groups excluding carboxylic acids is 1. The highest BCUT2D eigenvalue weighted by Crippen LogP contribution is 2.24. The van der Waals surface area contributed by atoms with Crippen molar-refractivity contribution in [2.45, 2.75) is 6.61 Å². The first-order valence-electron chi connectivity index (χ1n) is 10.3. The van der Waals surface area contributed by atoms with E-state index in [1.54, 1.807) is 13.2 Å². The van der Waals surface area contributed by atoms with Crippen molar-refractivity contribution < 1.29 is 14.3 Å². The van der Waals surface area contributed by atoms with Crippen molar-refractivity contribution in [3.05, 3.63) is 78.0 Å². The predicted molar refractivity (Wildman–Crippen MR) is 122 cm³/mol. The summed E-state index contributed by atoms with van der Waals surface area (Å²) in [6.45, 7) is 3.27. The number of nitrogens with zero attached hydrogens (tertiary/aromatic N) is 2. The monoisotopic (exact) mass is 418 g/mol. The normalized spacial score (nSPS) is 13.5. The molecular weight excluding hydrogens is 392 g/mol. The quantitative estimate of drug-likeness (QED) is 0.608. The van der Waals surface area contributed by atoms with Crippen molar-refractivity contribution in [1.82, 2.24) is 4.98 Å². The molecule has 0 bridgehead atoms. The van der Waals surface area contributed by atoms with Gasteiger partial charge in [0.15, 0.2) is 11.6 Å². The topological polar surface area (TPSA) is 75.7 Å². The zero-order chi connectivity index (χ0) is 21.5. The molecule has 2 aromatic carbocycles. The number of rotatable bonds is 7. The van der Waals surface area contributed by atoms with Crippen molar-refractivity contribution >= 4 is 23.1 Å². The van der Waals surface area contributed by atoms with Crippen LogP contribution in [0.1, 0.15) is 15.9 Å². The maximum Gasteiger partial charge on any atom is 0.257 e. The van der Waals surface area contributed by atoms with Gasteiger partial charge in [-0.25, -0.2) is 4.98 Å². The molecule has 0 saturated carbocycles. The summed E-state index contributed by atoms with van der Waals surface area (Å²) in [5, 5.41) is 6.04. The van der Waals surface area contributed by atoms with Crippen LogP contribution in [0.25, 0.3) is 0 Å². The maximum absolute atomic E-state index is 13.0. The Labute approximate surface area is 182 Å². The van der Waals surface area contributed by atoms with Crippen molar-refractivity contribution in [3.63, 3.8) is 0 Å². The van der Waals surface area contributed by atoms with E-state index < -0.39 is 0 Å². The van der Waals surface area contributed by atoms with E-state index in [-0.39, 0.29) is 5.91 Å². The summed E-state index contributed by atoms with van der Waals surface area (Å²) in [7, 11) is 1.81. The fourth-order valence-corrected chi connectivity index (χ4v) is 3.54. The molecule has 1 aliphatic rings. The number of aromatic nitrogens is 1. The Balaban J connectivity index is 1.45. The first-order valence-corrected chi connectivity index (χ1v) is 10.3. The van der Waals surface area contributed by atoms with Crippen LogP contribution in [0.5, 0.6) is 5.75 Å². The summed E-state index contributed by atoms with van der Waals surface area (Å²) in [5.41, 5.74) is 3.26. The highest BCUT2D eigenvalue weighted by molar-refractivity contribution is 6.08. The van der Waals surface area contributed by atoms with Gasteiger partial charge in [0.1, 0.15) is 6.61 Å². The summed E-state index contributed by atoms with van der Waals surface area (Å²) in [4.78, 5) is 19.5. The van der Waals surface area contributed by atoms with E-state index in [2.05, 4.69) is 20.5 Å². The molecule has 0 radical (unpaired) electrons. The Kier molecular flexibility index (Phi) is 6.64. The van der Waals surface area contributed by atoms with Gasteiger partial charge in [0.25, 0.3) is 5.91 Å². The van der Waals surface area contributed by atoms with Crippen LogP contribution in [0.3, 0.4) is 0 Å². The minimum atomic E-state index is -0.134. The number of hydrogen-bond acceptors (Lipinski definition) is 6. The first kappa shape index (κ1) is 20.7. The molecule has 0 unspecified atom stereocenters. The third-order valence-electron chi connectivity index (χ3n) is 5.09. The number of anilines is 3. The fraction of sp³-hybridized carbons (Fsp3) is 0.250. The van der Waals surface area contributed by atoms with E-state index in [4.69, 9.17) is 9.47 Å². The van der Waals surface area contributed by atoms with Gasteiger partial charge in [-0.15, -0.1) is 0 Å². The molecule has 4 rings (SSSR count). The van der Waals surface area contributed by atoms with Gasteiger partial charge in [-0.2, -0.15) is 0 Å². The van der Waals surface area contributed by atoms with Crippen molar-refractivity contribution in [1.29, 1.82) is 0 Å². The molecule has 0 atom stereocenters. The van der Waals surface area contributed by atoms with Gasteiger partial charge in [-0.3, -0.25) is 4.79 Å². The molecule has 2 heterocycles. The van der Waals surface area contributed by atoms with Crippen molar-refractivity contribution in [3.8, 4) is 5.75 Å². The molecule has 0 spiro atoms. The van der Waals surface area contributed by atoms with Gasteiger partial charge in [0.05, 0.1) is 18.8 Å². The van der Waals surface area contributed by atoms with Crippen LogP contribution in [-0.2, 0) is 11.3 Å². The standard InChI is InChI=1S/C24H26N4O3/c1-25-23-22(10-5-11-26-23)31-17-18-6-4-7-19(16-18)27-24(29)20-8-2-3-9-21(20)28-12-14-30-15-13-28/h2-11,16H,12-15,17H2,1H3,(H,25,26)(H,27,29). The summed E-state index contributed by atoms with van der Waals surface area (Å²) >= 11 is 0. The summed E-state index contributed by atoms with van der Waals surface area (Å²) in [6, 6.07) is 19.1. The van der Waals surface area contributed by atoms with Crippen LogP contribution in [0.4, 0.5) is 17.2 Å². The number of morpholine rings is 1. The van der Waals surface area contributed by atoms with Gasteiger partial charge >= 0.3 is 0 Å². The molecule has 7 heteroatoms. The number of ether oxygens (including phenoxy) is 2. The van der Waals surface area contributed by atoms with E-state index >= 15 is 0 Å². The Morgan fingerprint density at radius 1 is 1.10 bits per heavy atom. The number of nitrogens with one attached hydrogen (secondary N) is 2. The third kappa shape index (κ3) is 5.13. The first-order chi connectivity index (χ1) is 15.2. The van der Waals surface area contributed by atoms with E-state index in [0.29, 0.717) is 37.0 Å². The fourth-order valence-electron chi connectivity index (χ4n) is 3.54. The molecule has 1 amide bonds. The molecule has 0 aliphatic carbocycles. The number of carbonyl (C=O) groups is 1. The average molecular weight is 418 g/mol. The lowest BCUT2D eigenvalue weighted by Gasteiger charge is -2.30. The van der Waals surface area contributed by atoms with Crippen molar-refractivity contribution in [2.24, 2.45) is 0 Å². The average Bonchev–Trinajstić information content (AvgIpc) is 2.83. The second-order valence-electron chi connectivity index (χ2n) is 7.16. The van der Waals surface area contributed by atoms with Crippen LogP contribution in [0.2, 0.25) is 0 Å². The Hall–Kier alpha value is -3.58. The van der Waals surface area contributed by atoms with Crippen LogP contribution in [-0.4, -0.2) is 44.2 Å². The lowest BCUT2D eigenvalue weighted by Crippen LogP contribution is -2.37. The minimum Gasteiger partial charge on any atom is -0.485 e. The molecular formula is C24H26N4O3. The highest BCUT2D eigenvalue weighted by Gasteiger charge is 2.18. The second-order valence-corrected chi connectivity index (χ2v) is 7.16. The number of benzene rings is 2. The Morgan fingerprint density at radius 3 is 2.77 bits per heavy atom. The van der Waals surface area contributed by atoms with Crippen LogP contribution in [0.15, 0.2) is 66.9 Å². The summed E-state index contributed by atoms with van der Waals surface area (Å²) in [6.07, 6.45) is 1.71. The Morgan fingerprint density at radius 2 is 1.94 bits per heavy atom. The largest absolute Gasteiger partial charge is 0.485 e. The lowest BCUT2D eigenvalue weighted by molar-refractivity contribution is 0.102. The van der Waals surface area contributed by atoms with E-state index in [1.165, 1.54) is 0 Å². The summed E-state index contributed by atoms with van der Waals surface area (Å²) < 4.78 is 11.3. The summed E-state index contributed by atoms with van der Waals surface area (Å²) in [5.74, 6) is 1.23. The van der Waals surface area contributed by atoms with Gasteiger partial charge in [0.2, 0.25) is 0 Å². The Bertz CT molecular complexity index is 1030. The van der Waals surface area contributed by atoms with E-state index in [9.17, 15) is 4.79 Å². The van der Waals surface area contributed by atoms with Gasteiger partial charge < -0.3 is 25.0 Å². The van der Waals surface area contributed by atoms with Gasteiger partial charge in [-0.05, 0) is 42.0 Å². The second kappa shape index (κ2) is 9.95. The third-order valence-corrected chi connectivity index (χ3v) is 5.09. The van der Waals surface area contributed by atoms with Crippen LogP contribution in [0, 0.1) is 0 Å². The van der Waals surface area contributed by atoms with Crippen molar-refractivity contribution in [2.75, 3.05) is 48.9 Å². The molecule has 3 aromatic rings. The number of pyridine rings is 1. The molecule has 1 aromatic heterocycles. The highest BCUT2D eigenvalue weighted by atomic mass is 16.5. The number of amides is 1. The minimum absolute atomic E-state index is 0.134. The van der Waals surface area contributed by atoms with E-state index in [0.717, 1.165) is 30.0 Å². The zero-order valence-electron chi connectivity index (χ0n) is 17.5. The molecule has 1 saturated heterocycles.